The highest BCUT2D eigenvalue weighted by Crippen LogP contribution is 2.65. The molecule has 3 heterocycles. The van der Waals surface area contributed by atoms with Crippen LogP contribution >= 0.6 is 0 Å². The van der Waals surface area contributed by atoms with Crippen molar-refractivity contribution in [2.45, 2.75) is 77.0 Å². The summed E-state index contributed by atoms with van der Waals surface area (Å²) in [6.07, 6.45) is 6.34. The molecule has 3 saturated heterocycles. The van der Waals surface area contributed by atoms with E-state index in [-0.39, 0.29) is 37.5 Å². The highest BCUT2D eigenvalue weighted by atomic mass is 16.6. The van der Waals surface area contributed by atoms with E-state index in [9.17, 15) is 19.5 Å². The number of likely N-dealkylation sites (tertiary alicyclic amines) is 1. The molecule has 6 atom stereocenters. The Hall–Kier alpha value is -2.97. The number of nitrogens with zero attached hydrogens (tertiary/aromatic N) is 2. The fourth-order valence-corrected chi connectivity index (χ4v) is 7.32. The van der Waals surface area contributed by atoms with Gasteiger partial charge in [-0.3, -0.25) is 14.4 Å². The molecular weight excluding hydrogens is 508 g/mol. The minimum Gasteiger partial charge on any atom is -0.465 e. The second kappa shape index (κ2) is 11.9. The van der Waals surface area contributed by atoms with Crippen LogP contribution in [0.5, 0.6) is 0 Å². The number of unbranched alkanes of at least 4 members (excludes halogenated alkanes) is 2. The average molecular weight is 553 g/mol. The highest BCUT2D eigenvalue weighted by molar-refractivity contribution is 6.05. The standard InChI is InChI=1S/C32H44N2O6/c1-7-9-19-39-30(38)25-24-28(36)34(17-11-10-12-18-35)27(32(24)20-23(5)31(25,6)40-32)29(37)33(16-8-2)26-21(3)14-13-15-22(26)4/h7-8,13-15,23-25,27,35H,1-2,9-12,16-20H2,3-6H3/t23?,24-,25+,27?,31-,32?/m0/s1. The number of para-hydroxylation sites is 1. The lowest BCUT2D eigenvalue weighted by Gasteiger charge is -2.38. The molecule has 3 aliphatic heterocycles. The topological polar surface area (TPSA) is 96.4 Å². The molecule has 3 unspecified atom stereocenters. The molecule has 0 radical (unpaired) electrons. The lowest BCUT2D eigenvalue weighted by Crippen LogP contribution is -2.57. The number of carbonyl (C=O) groups excluding carboxylic acids is 3. The van der Waals surface area contributed by atoms with E-state index < -0.39 is 35.0 Å². The van der Waals surface area contributed by atoms with Crippen LogP contribution in [0.1, 0.15) is 57.1 Å². The number of aliphatic hydroxyl groups excluding tert-OH is 1. The predicted molar refractivity (Wildman–Crippen MR) is 154 cm³/mol. The summed E-state index contributed by atoms with van der Waals surface area (Å²) in [6, 6.07) is 5.00. The van der Waals surface area contributed by atoms with Gasteiger partial charge in [0.1, 0.15) is 17.6 Å². The third-order valence-corrected chi connectivity index (χ3v) is 9.21. The Morgan fingerprint density at radius 1 is 1.20 bits per heavy atom. The number of hydrogen-bond donors (Lipinski definition) is 1. The molecule has 40 heavy (non-hydrogen) atoms. The molecule has 0 aliphatic carbocycles. The smallest absolute Gasteiger partial charge is 0.312 e. The Bertz CT molecular complexity index is 1150. The minimum absolute atomic E-state index is 0.0637. The zero-order valence-corrected chi connectivity index (χ0v) is 24.4. The summed E-state index contributed by atoms with van der Waals surface area (Å²) in [7, 11) is 0. The Morgan fingerprint density at radius 2 is 1.90 bits per heavy atom. The van der Waals surface area contributed by atoms with Crippen molar-refractivity contribution in [2.24, 2.45) is 17.8 Å². The summed E-state index contributed by atoms with van der Waals surface area (Å²) < 4.78 is 12.4. The molecule has 1 N–H and O–H groups in total. The predicted octanol–water partition coefficient (Wildman–Crippen LogP) is 4.12. The van der Waals surface area contributed by atoms with E-state index in [1.54, 1.807) is 22.0 Å². The number of fused-ring (bicyclic) bond motifs is 1. The summed E-state index contributed by atoms with van der Waals surface area (Å²) in [5.74, 6) is -2.59. The van der Waals surface area contributed by atoms with E-state index in [0.717, 1.165) is 16.8 Å². The average Bonchev–Trinajstić information content (AvgIpc) is 3.42. The first kappa shape index (κ1) is 30.0. The number of ether oxygens (including phenoxy) is 2. The van der Waals surface area contributed by atoms with Crippen LogP contribution in [0.15, 0.2) is 43.5 Å². The van der Waals surface area contributed by atoms with Crippen LogP contribution in [0.4, 0.5) is 5.69 Å². The maximum Gasteiger partial charge on any atom is 0.312 e. The van der Waals surface area contributed by atoms with Crippen molar-refractivity contribution >= 4 is 23.5 Å². The zero-order valence-electron chi connectivity index (χ0n) is 24.4. The van der Waals surface area contributed by atoms with E-state index in [2.05, 4.69) is 13.2 Å². The summed E-state index contributed by atoms with van der Waals surface area (Å²) in [5.41, 5.74) is 0.631. The van der Waals surface area contributed by atoms with Crippen molar-refractivity contribution in [3.63, 3.8) is 0 Å². The van der Waals surface area contributed by atoms with E-state index >= 15 is 0 Å². The second-order valence-corrected chi connectivity index (χ2v) is 11.7. The van der Waals surface area contributed by atoms with Crippen LogP contribution in [0.3, 0.4) is 0 Å². The number of carbonyl (C=O) groups is 3. The molecular formula is C32H44N2O6. The highest BCUT2D eigenvalue weighted by Gasteiger charge is 2.80. The molecule has 2 bridgehead atoms. The molecule has 8 heteroatoms. The van der Waals surface area contributed by atoms with Crippen LogP contribution in [0.2, 0.25) is 0 Å². The molecule has 1 aromatic rings. The Kier molecular flexibility index (Phi) is 8.90. The number of rotatable bonds is 13. The largest absolute Gasteiger partial charge is 0.465 e. The van der Waals surface area contributed by atoms with Crippen LogP contribution in [0, 0.1) is 31.6 Å². The van der Waals surface area contributed by atoms with Crippen LogP contribution in [-0.4, -0.2) is 71.3 Å². The number of hydrogen-bond acceptors (Lipinski definition) is 6. The van der Waals surface area contributed by atoms with Gasteiger partial charge < -0.3 is 24.4 Å². The Morgan fingerprint density at radius 3 is 2.52 bits per heavy atom. The Labute approximate surface area is 238 Å². The fourth-order valence-electron chi connectivity index (χ4n) is 7.32. The molecule has 0 saturated carbocycles. The van der Waals surface area contributed by atoms with Gasteiger partial charge in [0.2, 0.25) is 5.91 Å². The Balaban J connectivity index is 1.80. The van der Waals surface area contributed by atoms with Gasteiger partial charge in [-0.05, 0) is 69.9 Å². The van der Waals surface area contributed by atoms with Crippen molar-refractivity contribution in [1.82, 2.24) is 4.90 Å². The molecule has 1 spiro atoms. The number of aryl methyl sites for hydroxylation is 2. The summed E-state index contributed by atoms with van der Waals surface area (Å²) in [6.45, 7) is 16.3. The van der Waals surface area contributed by atoms with E-state index in [1.807, 2.05) is 45.9 Å². The number of esters is 1. The summed E-state index contributed by atoms with van der Waals surface area (Å²) >= 11 is 0. The molecule has 0 aromatic heterocycles. The van der Waals surface area contributed by atoms with Gasteiger partial charge in [-0.1, -0.05) is 37.3 Å². The van der Waals surface area contributed by atoms with Gasteiger partial charge in [-0.15, -0.1) is 13.2 Å². The maximum absolute atomic E-state index is 14.7. The van der Waals surface area contributed by atoms with Gasteiger partial charge in [0.25, 0.3) is 5.91 Å². The maximum atomic E-state index is 14.7. The molecule has 3 aliphatic rings. The van der Waals surface area contributed by atoms with Gasteiger partial charge in [-0.2, -0.15) is 0 Å². The third kappa shape index (κ3) is 4.79. The number of amides is 2. The first-order valence-electron chi connectivity index (χ1n) is 14.5. The van der Waals surface area contributed by atoms with Gasteiger partial charge in [0, 0.05) is 25.4 Å². The molecule has 2 amide bonds. The summed E-state index contributed by atoms with van der Waals surface area (Å²) in [5, 5.41) is 9.29. The zero-order chi connectivity index (χ0) is 29.2. The first-order valence-corrected chi connectivity index (χ1v) is 14.5. The van der Waals surface area contributed by atoms with Gasteiger partial charge in [0.05, 0.1) is 18.1 Å². The molecule has 1 aromatic carbocycles. The molecule has 218 valence electrons. The van der Waals surface area contributed by atoms with Gasteiger partial charge in [-0.25, -0.2) is 0 Å². The van der Waals surface area contributed by atoms with Crippen LogP contribution in [-0.2, 0) is 23.9 Å². The molecule has 4 rings (SSSR count). The second-order valence-electron chi connectivity index (χ2n) is 11.7. The fraction of sp³-hybridized carbons (Fsp3) is 0.594. The lowest BCUT2D eigenvalue weighted by atomic mass is 9.62. The molecule has 3 fully saturated rings. The van der Waals surface area contributed by atoms with Crippen molar-refractivity contribution < 1.29 is 29.0 Å². The van der Waals surface area contributed by atoms with Crippen LogP contribution < -0.4 is 4.90 Å². The third-order valence-electron chi connectivity index (χ3n) is 9.21. The summed E-state index contributed by atoms with van der Waals surface area (Å²) in [4.78, 5) is 45.9. The number of benzene rings is 1. The van der Waals surface area contributed by atoms with Crippen molar-refractivity contribution in [2.75, 3.05) is 31.2 Å². The van der Waals surface area contributed by atoms with Crippen LogP contribution in [0.25, 0.3) is 0 Å². The minimum atomic E-state index is -1.14. The van der Waals surface area contributed by atoms with Gasteiger partial charge >= 0.3 is 5.97 Å². The number of anilines is 1. The van der Waals surface area contributed by atoms with Gasteiger partial charge in [0.15, 0.2) is 0 Å². The van der Waals surface area contributed by atoms with E-state index in [0.29, 0.717) is 38.6 Å². The van der Waals surface area contributed by atoms with Crippen molar-refractivity contribution in [1.29, 1.82) is 0 Å². The van der Waals surface area contributed by atoms with E-state index in [4.69, 9.17) is 9.47 Å². The monoisotopic (exact) mass is 552 g/mol. The van der Waals surface area contributed by atoms with E-state index in [1.165, 1.54) is 0 Å². The first-order chi connectivity index (χ1) is 19.1. The van der Waals surface area contributed by atoms with Crippen molar-refractivity contribution in [3.8, 4) is 0 Å². The SMILES string of the molecule is C=CCCOC(=O)[C@H]1[C@H]2C(=O)N(CCCCCO)C(C(=O)N(CC=C)c3c(C)cccc3C)C23CC(C)[C@]1(C)O3. The normalized spacial score (nSPS) is 30.3. The molecule has 8 nitrogen and oxygen atoms in total. The number of aliphatic hydroxyl groups is 1. The van der Waals surface area contributed by atoms with Crippen molar-refractivity contribution in [3.05, 3.63) is 54.6 Å². The quantitative estimate of drug-likeness (QED) is 0.225. The lowest BCUT2D eigenvalue weighted by molar-refractivity contribution is -0.161.